The van der Waals surface area contributed by atoms with Crippen molar-refractivity contribution in [3.05, 3.63) is 28.2 Å². The van der Waals surface area contributed by atoms with Gasteiger partial charge in [0.15, 0.2) is 0 Å². The lowest BCUT2D eigenvalue weighted by molar-refractivity contribution is 0.0597. The minimum absolute atomic E-state index is 0.0558. The summed E-state index contributed by atoms with van der Waals surface area (Å²) in [6.45, 7) is 1.69. The number of carbonyl (C=O) groups is 2. The number of phenolic OH excluding ortho intramolecular Hbond substituents is 1. The van der Waals surface area contributed by atoms with Crippen LogP contribution in [0.1, 0.15) is 10.4 Å². The number of ether oxygens (including phenoxy) is 1. The smallest absolute Gasteiger partial charge is 0.409 e. The van der Waals surface area contributed by atoms with Crippen molar-refractivity contribution in [1.29, 1.82) is 0 Å². The van der Waals surface area contributed by atoms with E-state index >= 15 is 0 Å². The molecule has 0 spiro atoms. The lowest BCUT2D eigenvalue weighted by Crippen LogP contribution is -2.50. The predicted octanol–water partition coefficient (Wildman–Crippen LogP) is 1.68. The molecule has 6 nitrogen and oxygen atoms in total. The second-order valence-electron chi connectivity index (χ2n) is 4.41. The molecule has 108 valence electrons. The van der Waals surface area contributed by atoms with Crippen LogP contribution in [0.4, 0.5) is 4.79 Å². The zero-order chi connectivity index (χ0) is 14.7. The van der Waals surface area contributed by atoms with Crippen molar-refractivity contribution in [3.8, 4) is 5.75 Å². The number of benzene rings is 1. The summed E-state index contributed by atoms with van der Waals surface area (Å²) >= 11 is 3.23. The molecule has 0 aliphatic carbocycles. The average molecular weight is 343 g/mol. The Morgan fingerprint density at radius 2 is 1.80 bits per heavy atom. The standard InChI is InChI=1S/C13H15BrN2O4/c1-20-13(19)16-6-4-15(5-7-16)12(18)10-3-2-9(14)8-11(10)17/h2-3,8,17H,4-7H2,1H3. The van der Waals surface area contributed by atoms with Gasteiger partial charge in [-0.1, -0.05) is 15.9 Å². The van der Waals surface area contributed by atoms with E-state index in [4.69, 9.17) is 0 Å². The van der Waals surface area contributed by atoms with E-state index in [0.29, 0.717) is 30.7 Å². The van der Waals surface area contributed by atoms with Crippen LogP contribution in [0.5, 0.6) is 5.75 Å². The van der Waals surface area contributed by atoms with Crippen molar-refractivity contribution in [3.63, 3.8) is 0 Å². The minimum Gasteiger partial charge on any atom is -0.507 e. The molecule has 1 aliphatic rings. The number of amides is 2. The number of piperazine rings is 1. The Bertz CT molecular complexity index is 527. The SMILES string of the molecule is COC(=O)N1CCN(C(=O)c2ccc(Br)cc2O)CC1. The number of halogens is 1. The van der Waals surface area contributed by atoms with E-state index in [1.54, 1.807) is 21.9 Å². The fraction of sp³-hybridized carbons (Fsp3) is 0.385. The van der Waals surface area contributed by atoms with Crippen LogP contribution in [0, 0.1) is 0 Å². The van der Waals surface area contributed by atoms with Gasteiger partial charge in [0.1, 0.15) is 5.75 Å². The molecular weight excluding hydrogens is 328 g/mol. The molecule has 0 unspecified atom stereocenters. The van der Waals surface area contributed by atoms with Crippen LogP contribution in [-0.2, 0) is 4.74 Å². The summed E-state index contributed by atoms with van der Waals surface area (Å²) in [4.78, 5) is 26.8. The quantitative estimate of drug-likeness (QED) is 0.842. The van der Waals surface area contributed by atoms with E-state index in [0.717, 1.165) is 0 Å². The number of carbonyl (C=O) groups excluding carboxylic acids is 2. The second-order valence-corrected chi connectivity index (χ2v) is 5.33. The number of rotatable bonds is 1. The first-order chi connectivity index (χ1) is 9.52. The first kappa shape index (κ1) is 14.6. The summed E-state index contributed by atoms with van der Waals surface area (Å²) in [6.07, 6.45) is -0.386. The molecule has 1 heterocycles. The third kappa shape index (κ3) is 3.04. The largest absolute Gasteiger partial charge is 0.507 e. The van der Waals surface area contributed by atoms with E-state index in [1.165, 1.54) is 13.2 Å². The van der Waals surface area contributed by atoms with Gasteiger partial charge in [-0.15, -0.1) is 0 Å². The molecule has 1 aromatic rings. The highest BCUT2D eigenvalue weighted by Gasteiger charge is 2.26. The Kier molecular flexibility index (Phi) is 4.49. The van der Waals surface area contributed by atoms with Crippen molar-refractivity contribution < 1.29 is 19.4 Å². The normalized spacial score (nSPS) is 15.1. The molecule has 1 aromatic carbocycles. The van der Waals surface area contributed by atoms with Gasteiger partial charge in [-0.25, -0.2) is 4.79 Å². The second kappa shape index (κ2) is 6.13. The minimum atomic E-state index is -0.386. The van der Waals surface area contributed by atoms with E-state index in [9.17, 15) is 14.7 Å². The molecule has 0 bridgehead atoms. The monoisotopic (exact) mass is 342 g/mol. The molecule has 0 aromatic heterocycles. The van der Waals surface area contributed by atoms with E-state index in [2.05, 4.69) is 20.7 Å². The number of nitrogens with zero attached hydrogens (tertiary/aromatic N) is 2. The molecule has 7 heteroatoms. The predicted molar refractivity (Wildman–Crippen MR) is 75.7 cm³/mol. The summed E-state index contributed by atoms with van der Waals surface area (Å²) in [7, 11) is 1.33. The third-order valence-electron chi connectivity index (χ3n) is 3.19. The molecule has 1 N–H and O–H groups in total. The molecule has 1 fully saturated rings. The number of hydrogen-bond donors (Lipinski definition) is 1. The molecule has 2 rings (SSSR count). The van der Waals surface area contributed by atoms with Crippen LogP contribution < -0.4 is 0 Å². The fourth-order valence-electron chi connectivity index (χ4n) is 2.08. The number of aromatic hydroxyl groups is 1. The summed E-state index contributed by atoms with van der Waals surface area (Å²) in [5.74, 6) is -0.292. The van der Waals surface area contributed by atoms with Crippen molar-refractivity contribution in [2.45, 2.75) is 0 Å². The van der Waals surface area contributed by atoms with Crippen LogP contribution in [0.15, 0.2) is 22.7 Å². The maximum atomic E-state index is 12.3. The number of methoxy groups -OCH3 is 1. The van der Waals surface area contributed by atoms with Crippen molar-refractivity contribution in [2.24, 2.45) is 0 Å². The third-order valence-corrected chi connectivity index (χ3v) is 3.68. The van der Waals surface area contributed by atoms with Crippen molar-refractivity contribution in [2.75, 3.05) is 33.3 Å². The fourth-order valence-corrected chi connectivity index (χ4v) is 2.43. The Balaban J connectivity index is 2.03. The van der Waals surface area contributed by atoms with Gasteiger partial charge in [0, 0.05) is 30.7 Å². The molecule has 0 radical (unpaired) electrons. The first-order valence-corrected chi connectivity index (χ1v) is 6.93. The molecule has 1 aliphatic heterocycles. The molecule has 0 saturated carbocycles. The van der Waals surface area contributed by atoms with Gasteiger partial charge >= 0.3 is 6.09 Å². The summed E-state index contributed by atoms with van der Waals surface area (Å²) in [5, 5.41) is 9.81. The zero-order valence-electron chi connectivity index (χ0n) is 11.0. The topological polar surface area (TPSA) is 70.1 Å². The Morgan fingerprint density at radius 1 is 1.20 bits per heavy atom. The van der Waals surface area contributed by atoms with Gasteiger partial charge < -0.3 is 19.6 Å². The number of phenols is 1. The lowest BCUT2D eigenvalue weighted by atomic mass is 10.1. The molecule has 2 amide bonds. The van der Waals surface area contributed by atoms with Gasteiger partial charge in [0.25, 0.3) is 5.91 Å². The Labute approximate surface area is 125 Å². The van der Waals surface area contributed by atoms with Crippen molar-refractivity contribution >= 4 is 27.9 Å². The van der Waals surface area contributed by atoms with Crippen molar-refractivity contribution in [1.82, 2.24) is 9.80 Å². The molecule has 20 heavy (non-hydrogen) atoms. The molecular formula is C13H15BrN2O4. The average Bonchev–Trinajstić information content (AvgIpc) is 2.46. The van der Waals surface area contributed by atoms with Gasteiger partial charge in [-0.05, 0) is 18.2 Å². The maximum absolute atomic E-state index is 12.3. The first-order valence-electron chi connectivity index (χ1n) is 6.13. The van der Waals surface area contributed by atoms with E-state index < -0.39 is 0 Å². The van der Waals surface area contributed by atoms with Crippen LogP contribution in [0.25, 0.3) is 0 Å². The molecule has 0 atom stereocenters. The highest BCUT2D eigenvalue weighted by molar-refractivity contribution is 9.10. The van der Waals surface area contributed by atoms with Crippen LogP contribution in [0.3, 0.4) is 0 Å². The van der Waals surface area contributed by atoms with E-state index in [1.807, 2.05) is 0 Å². The van der Waals surface area contributed by atoms with Crippen LogP contribution >= 0.6 is 15.9 Å². The summed E-state index contributed by atoms with van der Waals surface area (Å²) in [5.41, 5.74) is 0.264. The highest BCUT2D eigenvalue weighted by atomic mass is 79.9. The van der Waals surface area contributed by atoms with Crippen LogP contribution in [-0.4, -0.2) is 60.2 Å². The summed E-state index contributed by atoms with van der Waals surface area (Å²) < 4.78 is 5.35. The summed E-state index contributed by atoms with van der Waals surface area (Å²) in [6, 6.07) is 4.77. The van der Waals surface area contributed by atoms with Gasteiger partial charge in [-0.3, -0.25) is 4.79 Å². The van der Waals surface area contributed by atoms with Gasteiger partial charge in [-0.2, -0.15) is 0 Å². The highest BCUT2D eigenvalue weighted by Crippen LogP contribution is 2.24. The number of hydrogen-bond acceptors (Lipinski definition) is 4. The Hall–Kier alpha value is -1.76. The van der Waals surface area contributed by atoms with Gasteiger partial charge in [0.05, 0.1) is 12.7 Å². The van der Waals surface area contributed by atoms with Gasteiger partial charge in [0.2, 0.25) is 0 Å². The van der Waals surface area contributed by atoms with Crippen LogP contribution in [0.2, 0.25) is 0 Å². The van der Waals surface area contributed by atoms with E-state index in [-0.39, 0.29) is 23.3 Å². The zero-order valence-corrected chi connectivity index (χ0v) is 12.6. The Morgan fingerprint density at radius 3 is 2.35 bits per heavy atom. The molecule has 1 saturated heterocycles. The lowest BCUT2D eigenvalue weighted by Gasteiger charge is -2.33. The maximum Gasteiger partial charge on any atom is 0.409 e.